The van der Waals surface area contributed by atoms with Gasteiger partial charge in [-0.05, 0) is 39.7 Å². The van der Waals surface area contributed by atoms with Gasteiger partial charge in [0.25, 0.3) is 0 Å². The molecule has 25 heavy (non-hydrogen) atoms. The third-order valence-electron chi connectivity index (χ3n) is 6.55. The van der Waals surface area contributed by atoms with E-state index in [0.717, 1.165) is 45.2 Å². The average Bonchev–Trinajstić information content (AvgIpc) is 3.13. The van der Waals surface area contributed by atoms with Crippen molar-refractivity contribution in [1.82, 2.24) is 14.7 Å². The Morgan fingerprint density at radius 2 is 1.80 bits per heavy atom. The lowest BCUT2D eigenvalue weighted by Gasteiger charge is -2.46. The topological polar surface area (TPSA) is 36.0 Å². The van der Waals surface area contributed by atoms with E-state index in [-0.39, 0.29) is 12.0 Å². The fraction of sp³-hybridized carbons (Fsp3) is 0.950. The number of carbonyl (C=O) groups is 1. The van der Waals surface area contributed by atoms with E-state index in [1.807, 2.05) is 0 Å². The number of amides is 1. The lowest BCUT2D eigenvalue weighted by Crippen LogP contribution is -2.60. The van der Waals surface area contributed by atoms with Gasteiger partial charge >= 0.3 is 0 Å². The number of ether oxygens (including phenoxy) is 1. The van der Waals surface area contributed by atoms with Gasteiger partial charge in [0.2, 0.25) is 5.91 Å². The van der Waals surface area contributed by atoms with Crippen molar-refractivity contribution in [1.29, 1.82) is 0 Å². The number of hydrogen-bond acceptors (Lipinski definition) is 4. The highest BCUT2D eigenvalue weighted by Crippen LogP contribution is 2.27. The van der Waals surface area contributed by atoms with Crippen LogP contribution in [0.4, 0.5) is 0 Å². The minimum Gasteiger partial charge on any atom is -0.382 e. The molecule has 1 amide bonds. The third kappa shape index (κ3) is 4.55. The molecule has 0 N–H and O–H groups in total. The first kappa shape index (κ1) is 19.1. The highest BCUT2D eigenvalue weighted by molar-refractivity contribution is 5.80. The van der Waals surface area contributed by atoms with Gasteiger partial charge in [0.05, 0.1) is 18.6 Å². The quantitative estimate of drug-likeness (QED) is 0.761. The van der Waals surface area contributed by atoms with Crippen molar-refractivity contribution >= 4 is 5.91 Å². The summed E-state index contributed by atoms with van der Waals surface area (Å²) in [5.41, 5.74) is 0. The first-order valence-corrected chi connectivity index (χ1v) is 10.4. The van der Waals surface area contributed by atoms with Crippen molar-refractivity contribution in [2.45, 2.75) is 70.5 Å². The minimum atomic E-state index is 0.183. The van der Waals surface area contributed by atoms with Crippen molar-refractivity contribution in [3.8, 4) is 0 Å². The molecule has 0 aromatic heterocycles. The zero-order valence-electron chi connectivity index (χ0n) is 16.5. The molecule has 2 heterocycles. The van der Waals surface area contributed by atoms with Crippen LogP contribution in [0.3, 0.4) is 0 Å². The Bertz CT molecular complexity index is 437. The molecule has 2 atom stereocenters. The standard InChI is InChI=1S/C20H37N3O2/c1-16(2)21-10-9-17(13-21)20(24)23-12-11-22(14-19(23)15-25-3)18-7-5-4-6-8-18/h16-19H,4-15H2,1-3H3/t17-,19+/m0/s1. The van der Waals surface area contributed by atoms with Crippen LogP contribution in [0.5, 0.6) is 0 Å². The van der Waals surface area contributed by atoms with E-state index in [9.17, 15) is 4.79 Å². The highest BCUT2D eigenvalue weighted by Gasteiger charge is 2.38. The number of piperazine rings is 1. The van der Waals surface area contributed by atoms with E-state index in [4.69, 9.17) is 4.74 Å². The first-order chi connectivity index (χ1) is 12.1. The molecule has 1 aliphatic carbocycles. The summed E-state index contributed by atoms with van der Waals surface area (Å²) in [6.45, 7) is 10.0. The van der Waals surface area contributed by atoms with Crippen LogP contribution in [-0.4, -0.2) is 85.2 Å². The zero-order valence-corrected chi connectivity index (χ0v) is 16.5. The van der Waals surface area contributed by atoms with Crippen LogP contribution >= 0.6 is 0 Å². The van der Waals surface area contributed by atoms with E-state index >= 15 is 0 Å². The van der Waals surface area contributed by atoms with Gasteiger partial charge in [-0.3, -0.25) is 9.69 Å². The number of carbonyl (C=O) groups excluding carboxylic acids is 1. The highest BCUT2D eigenvalue weighted by atomic mass is 16.5. The molecule has 0 aromatic carbocycles. The van der Waals surface area contributed by atoms with E-state index in [0.29, 0.717) is 18.6 Å². The Morgan fingerprint density at radius 3 is 2.44 bits per heavy atom. The maximum absolute atomic E-state index is 13.2. The number of nitrogens with zero attached hydrogens (tertiary/aromatic N) is 3. The number of rotatable bonds is 5. The van der Waals surface area contributed by atoms with Crippen LogP contribution in [0.15, 0.2) is 0 Å². The summed E-state index contributed by atoms with van der Waals surface area (Å²) < 4.78 is 5.49. The maximum atomic E-state index is 13.2. The molecule has 3 fully saturated rings. The van der Waals surface area contributed by atoms with Crippen LogP contribution in [0.25, 0.3) is 0 Å². The SMILES string of the molecule is COC[C@H]1CN(C2CCCCC2)CCN1C(=O)[C@H]1CCN(C(C)C)C1. The Hall–Kier alpha value is -0.650. The van der Waals surface area contributed by atoms with Gasteiger partial charge in [0.1, 0.15) is 0 Å². The lowest BCUT2D eigenvalue weighted by molar-refractivity contribution is -0.142. The minimum absolute atomic E-state index is 0.183. The van der Waals surface area contributed by atoms with Crippen molar-refractivity contribution < 1.29 is 9.53 Å². The average molecular weight is 352 g/mol. The Balaban J connectivity index is 1.60. The maximum Gasteiger partial charge on any atom is 0.227 e. The molecule has 3 rings (SSSR count). The predicted molar refractivity (Wildman–Crippen MR) is 101 cm³/mol. The summed E-state index contributed by atoms with van der Waals surface area (Å²) in [6, 6.07) is 1.49. The summed E-state index contributed by atoms with van der Waals surface area (Å²) in [4.78, 5) is 20.4. The fourth-order valence-electron chi connectivity index (χ4n) is 4.97. The third-order valence-corrected chi connectivity index (χ3v) is 6.55. The van der Waals surface area contributed by atoms with Crippen molar-refractivity contribution in [2.24, 2.45) is 5.92 Å². The number of hydrogen-bond donors (Lipinski definition) is 0. The molecular weight excluding hydrogens is 314 g/mol. The summed E-state index contributed by atoms with van der Waals surface area (Å²) in [6.07, 6.45) is 7.81. The van der Waals surface area contributed by atoms with Gasteiger partial charge in [0.15, 0.2) is 0 Å². The summed E-state index contributed by atoms with van der Waals surface area (Å²) in [7, 11) is 1.76. The van der Waals surface area contributed by atoms with E-state index in [2.05, 4.69) is 28.5 Å². The molecule has 1 saturated carbocycles. The second-order valence-corrected chi connectivity index (χ2v) is 8.50. The van der Waals surface area contributed by atoms with Crippen LogP contribution in [0.1, 0.15) is 52.4 Å². The molecule has 0 aromatic rings. The predicted octanol–water partition coefficient (Wildman–Crippen LogP) is 2.21. The lowest BCUT2D eigenvalue weighted by atomic mass is 9.93. The van der Waals surface area contributed by atoms with Gasteiger partial charge in [-0.1, -0.05) is 19.3 Å². The second kappa shape index (κ2) is 8.83. The molecule has 0 spiro atoms. The Kier molecular flexibility index (Phi) is 6.75. The Labute approximate surface area is 153 Å². The second-order valence-electron chi connectivity index (χ2n) is 8.50. The summed E-state index contributed by atoms with van der Waals surface area (Å²) in [5.74, 6) is 0.552. The van der Waals surface area contributed by atoms with Crippen molar-refractivity contribution in [3.63, 3.8) is 0 Å². The van der Waals surface area contributed by atoms with E-state index < -0.39 is 0 Å². The first-order valence-electron chi connectivity index (χ1n) is 10.4. The van der Waals surface area contributed by atoms with Gasteiger partial charge in [-0.25, -0.2) is 0 Å². The monoisotopic (exact) mass is 351 g/mol. The van der Waals surface area contributed by atoms with Gasteiger partial charge < -0.3 is 14.5 Å². The largest absolute Gasteiger partial charge is 0.382 e. The summed E-state index contributed by atoms with van der Waals surface area (Å²) in [5, 5.41) is 0. The van der Waals surface area contributed by atoms with Crippen LogP contribution in [0.2, 0.25) is 0 Å². The van der Waals surface area contributed by atoms with Gasteiger partial charge in [-0.2, -0.15) is 0 Å². The molecule has 5 nitrogen and oxygen atoms in total. The zero-order chi connectivity index (χ0) is 17.8. The number of likely N-dealkylation sites (tertiary alicyclic amines) is 1. The molecule has 5 heteroatoms. The van der Waals surface area contributed by atoms with Crippen molar-refractivity contribution in [3.05, 3.63) is 0 Å². The normalized spacial score (nSPS) is 30.3. The van der Waals surface area contributed by atoms with Crippen LogP contribution < -0.4 is 0 Å². The molecule has 2 aliphatic heterocycles. The molecular formula is C20H37N3O2. The molecule has 0 unspecified atom stereocenters. The summed E-state index contributed by atoms with van der Waals surface area (Å²) >= 11 is 0. The van der Waals surface area contributed by atoms with Gasteiger partial charge in [-0.15, -0.1) is 0 Å². The van der Waals surface area contributed by atoms with Crippen LogP contribution in [0, 0.1) is 5.92 Å². The molecule has 0 radical (unpaired) electrons. The molecule has 2 saturated heterocycles. The number of methoxy groups -OCH3 is 1. The van der Waals surface area contributed by atoms with Gasteiger partial charge in [0, 0.05) is 45.4 Å². The molecule has 3 aliphatic rings. The van der Waals surface area contributed by atoms with Crippen molar-refractivity contribution in [2.75, 3.05) is 46.4 Å². The fourth-order valence-corrected chi connectivity index (χ4v) is 4.97. The van der Waals surface area contributed by atoms with Crippen LogP contribution in [-0.2, 0) is 9.53 Å². The van der Waals surface area contributed by atoms with E-state index in [1.54, 1.807) is 7.11 Å². The Morgan fingerprint density at radius 1 is 1.04 bits per heavy atom. The smallest absolute Gasteiger partial charge is 0.227 e. The molecule has 144 valence electrons. The van der Waals surface area contributed by atoms with E-state index in [1.165, 1.54) is 32.1 Å². The molecule has 0 bridgehead atoms.